The van der Waals surface area contributed by atoms with Gasteiger partial charge in [-0.25, -0.2) is 14.8 Å². The number of hydrogen-bond donors (Lipinski definition) is 1. The number of benzene rings is 3. The van der Waals surface area contributed by atoms with Gasteiger partial charge in [-0.05, 0) is 89.8 Å². The Kier molecular flexibility index (Phi) is 8.37. The van der Waals surface area contributed by atoms with Crippen LogP contribution in [-0.2, 0) is 19.6 Å². The van der Waals surface area contributed by atoms with Gasteiger partial charge in [0.15, 0.2) is 5.82 Å². The topological polar surface area (TPSA) is 135 Å². The van der Waals surface area contributed by atoms with Crippen molar-refractivity contribution >= 4 is 27.7 Å². The van der Waals surface area contributed by atoms with Gasteiger partial charge in [0, 0.05) is 47.1 Å². The van der Waals surface area contributed by atoms with Crippen molar-refractivity contribution in [2.24, 2.45) is 0 Å². The molecule has 12 heteroatoms. The molecular formula is C36H30BrN7O4. The second-order valence-corrected chi connectivity index (χ2v) is 12.7. The van der Waals surface area contributed by atoms with E-state index in [9.17, 15) is 19.6 Å². The van der Waals surface area contributed by atoms with Crippen molar-refractivity contribution in [2.75, 3.05) is 0 Å². The van der Waals surface area contributed by atoms with E-state index in [2.05, 4.69) is 37.3 Å². The third-order valence-electron chi connectivity index (χ3n) is 8.54. The van der Waals surface area contributed by atoms with Crippen LogP contribution in [0.1, 0.15) is 57.4 Å². The number of nitrogens with zero attached hydrogens (tertiary/aromatic N) is 6. The number of amides is 2. The highest BCUT2D eigenvalue weighted by Crippen LogP contribution is 2.29. The molecule has 0 unspecified atom stereocenters. The third-order valence-corrected chi connectivity index (χ3v) is 9.23. The lowest BCUT2D eigenvalue weighted by Gasteiger charge is -2.34. The van der Waals surface area contributed by atoms with E-state index < -0.39 is 5.91 Å². The second-order valence-electron chi connectivity index (χ2n) is 11.8. The van der Waals surface area contributed by atoms with Gasteiger partial charge in [0.2, 0.25) is 0 Å². The number of hydrogen-bond acceptors (Lipinski definition) is 7. The van der Waals surface area contributed by atoms with Crippen molar-refractivity contribution in [3.8, 4) is 28.9 Å². The Labute approximate surface area is 284 Å². The lowest BCUT2D eigenvalue weighted by Crippen LogP contribution is -2.47. The molecular weight excluding hydrogens is 674 g/mol. The molecule has 1 aliphatic heterocycles. The van der Waals surface area contributed by atoms with Crippen LogP contribution in [0.5, 0.6) is 5.75 Å². The summed E-state index contributed by atoms with van der Waals surface area (Å²) in [4.78, 5) is 52.5. The van der Waals surface area contributed by atoms with Crippen LogP contribution in [0.25, 0.3) is 17.1 Å². The summed E-state index contributed by atoms with van der Waals surface area (Å²) >= 11 is 3.35. The first-order valence-corrected chi connectivity index (χ1v) is 16.4. The lowest BCUT2D eigenvalue weighted by molar-refractivity contribution is 0.0610. The molecule has 2 aromatic heterocycles. The molecule has 48 heavy (non-hydrogen) atoms. The average molecular weight is 705 g/mol. The molecule has 3 aromatic carbocycles. The minimum Gasteiger partial charge on any atom is -0.490 e. The smallest absolute Gasteiger partial charge is 0.333 e. The van der Waals surface area contributed by atoms with Crippen LogP contribution < -0.4 is 15.7 Å². The van der Waals surface area contributed by atoms with Crippen LogP contribution in [-0.4, -0.2) is 48.0 Å². The van der Waals surface area contributed by atoms with Gasteiger partial charge in [0.1, 0.15) is 17.5 Å². The molecule has 0 saturated heterocycles. The molecule has 0 spiro atoms. The van der Waals surface area contributed by atoms with Gasteiger partial charge in [-0.15, -0.1) is 0 Å². The van der Waals surface area contributed by atoms with Crippen LogP contribution >= 0.6 is 15.9 Å². The number of ether oxygens (including phenoxy) is 1. The summed E-state index contributed by atoms with van der Waals surface area (Å²) in [5.41, 5.74) is 2.94. The van der Waals surface area contributed by atoms with Gasteiger partial charge in [0.05, 0.1) is 29.6 Å². The van der Waals surface area contributed by atoms with E-state index in [1.807, 2.05) is 31.2 Å². The highest BCUT2D eigenvalue weighted by molar-refractivity contribution is 9.10. The van der Waals surface area contributed by atoms with Crippen molar-refractivity contribution in [1.82, 2.24) is 29.3 Å². The Morgan fingerprint density at radius 2 is 1.79 bits per heavy atom. The number of nitriles is 1. The molecule has 1 saturated carbocycles. The molecule has 1 aliphatic carbocycles. The van der Waals surface area contributed by atoms with Crippen molar-refractivity contribution in [2.45, 2.75) is 51.5 Å². The number of halogens is 1. The zero-order valence-electron chi connectivity index (χ0n) is 26.0. The quantitative estimate of drug-likeness (QED) is 0.233. The van der Waals surface area contributed by atoms with Gasteiger partial charge < -0.3 is 15.0 Å². The zero-order chi connectivity index (χ0) is 33.4. The Morgan fingerprint density at radius 1 is 1.04 bits per heavy atom. The van der Waals surface area contributed by atoms with E-state index in [1.54, 1.807) is 70.4 Å². The van der Waals surface area contributed by atoms with E-state index in [0.717, 1.165) is 24.0 Å². The Bertz CT molecular complexity index is 2130. The molecule has 0 radical (unpaired) electrons. The number of rotatable bonds is 8. The standard InChI is InChI=1S/C36H30BrN7O4/c1-22-20-43-31(21-42(22)35(46)23-7-14-30(37)25(17-23)18-38)32(44(36(43)47)26-8-10-27(11-9-26)48-28-12-13-28)34(45)41-19-24-5-2-3-6-29(24)33-39-15-4-16-40-33/h2-11,14-17,22,28H,12-13,19-21H2,1H3,(H,41,45)/t22-/m0/s1. The van der Waals surface area contributed by atoms with E-state index in [4.69, 9.17) is 4.74 Å². The van der Waals surface area contributed by atoms with Crippen LogP contribution in [0, 0.1) is 11.3 Å². The molecule has 3 heterocycles. The monoisotopic (exact) mass is 703 g/mol. The third kappa shape index (κ3) is 6.00. The minimum absolute atomic E-state index is 0.0141. The maximum Gasteiger partial charge on any atom is 0.333 e. The van der Waals surface area contributed by atoms with Gasteiger partial charge in [0.25, 0.3) is 11.8 Å². The number of fused-ring (bicyclic) bond motifs is 1. The predicted molar refractivity (Wildman–Crippen MR) is 181 cm³/mol. The molecule has 7 rings (SSSR count). The molecule has 1 atom stereocenters. The fourth-order valence-corrected chi connectivity index (χ4v) is 6.25. The van der Waals surface area contributed by atoms with Gasteiger partial charge >= 0.3 is 5.69 Å². The predicted octanol–water partition coefficient (Wildman–Crippen LogP) is 5.25. The molecule has 1 N–H and O–H groups in total. The normalized spacial score (nSPS) is 15.4. The summed E-state index contributed by atoms with van der Waals surface area (Å²) in [5, 5.41) is 12.5. The fraction of sp³-hybridized carbons (Fsp3) is 0.222. The van der Waals surface area contributed by atoms with E-state index >= 15 is 0 Å². The second kappa shape index (κ2) is 12.9. The minimum atomic E-state index is -0.472. The van der Waals surface area contributed by atoms with Gasteiger partial charge in [-0.1, -0.05) is 24.3 Å². The number of carbonyl (C=O) groups excluding carboxylic acids is 2. The number of carbonyl (C=O) groups is 2. The maximum absolute atomic E-state index is 14.2. The fourth-order valence-electron chi connectivity index (χ4n) is 5.91. The van der Waals surface area contributed by atoms with Crippen molar-refractivity contribution in [3.63, 3.8) is 0 Å². The average Bonchev–Trinajstić information content (AvgIpc) is 3.89. The van der Waals surface area contributed by atoms with E-state index in [-0.39, 0.29) is 49.1 Å². The Morgan fingerprint density at radius 3 is 2.52 bits per heavy atom. The zero-order valence-corrected chi connectivity index (χ0v) is 27.6. The SMILES string of the molecule is C[C@H]1Cn2c(c(C(=O)NCc3ccccc3-c3ncccn3)n(-c3ccc(OC4CC4)cc3)c2=O)CN1C(=O)c1ccc(Br)c(C#N)c1. The van der Waals surface area contributed by atoms with E-state index in [0.29, 0.717) is 38.6 Å². The summed E-state index contributed by atoms with van der Waals surface area (Å²) in [6, 6.07) is 23.0. The number of nitrogens with one attached hydrogen (secondary N) is 1. The first-order chi connectivity index (χ1) is 23.3. The summed E-state index contributed by atoms with van der Waals surface area (Å²) in [5.74, 6) is 0.452. The molecule has 0 bridgehead atoms. The van der Waals surface area contributed by atoms with Crippen LogP contribution in [0.3, 0.4) is 0 Å². The van der Waals surface area contributed by atoms with Crippen molar-refractivity contribution < 1.29 is 14.3 Å². The molecule has 2 aliphatic rings. The first kappa shape index (κ1) is 31.1. The summed E-state index contributed by atoms with van der Waals surface area (Å²) in [6.45, 7) is 2.21. The molecule has 5 aromatic rings. The van der Waals surface area contributed by atoms with Crippen molar-refractivity contribution in [3.05, 3.63) is 128 Å². The summed E-state index contributed by atoms with van der Waals surface area (Å²) in [6.07, 6.45) is 5.57. The summed E-state index contributed by atoms with van der Waals surface area (Å²) < 4.78 is 9.49. The molecule has 240 valence electrons. The highest BCUT2D eigenvalue weighted by atomic mass is 79.9. The first-order valence-electron chi connectivity index (χ1n) is 15.6. The number of imidazole rings is 1. The Balaban J connectivity index is 1.26. The largest absolute Gasteiger partial charge is 0.490 e. The number of aromatic nitrogens is 4. The highest BCUT2D eigenvalue weighted by Gasteiger charge is 2.35. The Hall–Kier alpha value is -5.54. The maximum atomic E-state index is 14.2. The van der Waals surface area contributed by atoms with Gasteiger partial charge in [-0.2, -0.15) is 5.26 Å². The van der Waals surface area contributed by atoms with Crippen molar-refractivity contribution in [1.29, 1.82) is 5.26 Å². The van der Waals surface area contributed by atoms with Crippen LogP contribution in [0.4, 0.5) is 0 Å². The summed E-state index contributed by atoms with van der Waals surface area (Å²) in [7, 11) is 0. The van der Waals surface area contributed by atoms with E-state index in [1.165, 1.54) is 4.57 Å². The van der Waals surface area contributed by atoms with Gasteiger partial charge in [-0.3, -0.25) is 18.7 Å². The van der Waals surface area contributed by atoms with Crippen LogP contribution in [0.15, 0.2) is 94.5 Å². The van der Waals surface area contributed by atoms with Crippen LogP contribution in [0.2, 0.25) is 0 Å². The molecule has 11 nitrogen and oxygen atoms in total. The molecule has 1 fully saturated rings. The lowest BCUT2D eigenvalue weighted by atomic mass is 10.1. The molecule has 2 amide bonds.